The second-order valence-corrected chi connectivity index (χ2v) is 8.10. The Morgan fingerprint density at radius 1 is 0.500 bits per heavy atom. The van der Waals surface area contributed by atoms with Crippen molar-refractivity contribution >= 4 is 0 Å². The topological polar surface area (TPSA) is 25.8 Å². The van der Waals surface area contributed by atoms with Crippen molar-refractivity contribution < 1.29 is 0 Å². The number of hydrogen-bond acceptors (Lipinski definition) is 2. The highest BCUT2D eigenvalue weighted by atomic mass is 14.8. The molecule has 0 amide bonds. The van der Waals surface area contributed by atoms with E-state index in [1.807, 2.05) is 30.5 Å². The van der Waals surface area contributed by atoms with Crippen molar-refractivity contribution in [2.75, 3.05) is 0 Å². The van der Waals surface area contributed by atoms with Gasteiger partial charge in [-0.25, -0.2) is 4.98 Å². The molecule has 0 aliphatic heterocycles. The van der Waals surface area contributed by atoms with Gasteiger partial charge in [0.05, 0.1) is 17.1 Å². The van der Waals surface area contributed by atoms with E-state index in [9.17, 15) is 0 Å². The molecular formula is C30H24N2. The monoisotopic (exact) mass is 412 g/mol. The first-order valence-corrected chi connectivity index (χ1v) is 10.8. The van der Waals surface area contributed by atoms with Crippen LogP contribution >= 0.6 is 0 Å². The van der Waals surface area contributed by atoms with E-state index in [0.29, 0.717) is 0 Å². The summed E-state index contributed by atoms with van der Waals surface area (Å²) in [7, 11) is 0. The van der Waals surface area contributed by atoms with Crippen LogP contribution in [0.3, 0.4) is 0 Å². The molecule has 0 saturated heterocycles. The van der Waals surface area contributed by atoms with E-state index in [-0.39, 0.29) is 0 Å². The van der Waals surface area contributed by atoms with Crippen LogP contribution in [0.4, 0.5) is 0 Å². The third kappa shape index (κ3) is 4.08. The van der Waals surface area contributed by atoms with Gasteiger partial charge in [0.1, 0.15) is 0 Å². The second kappa shape index (κ2) is 8.60. The van der Waals surface area contributed by atoms with Gasteiger partial charge in [0, 0.05) is 11.8 Å². The summed E-state index contributed by atoms with van der Waals surface area (Å²) in [5.74, 6) is 0. The van der Waals surface area contributed by atoms with Crippen LogP contribution in [0.5, 0.6) is 0 Å². The Labute approximate surface area is 189 Å². The summed E-state index contributed by atoms with van der Waals surface area (Å²) in [6, 6.07) is 35.9. The highest BCUT2D eigenvalue weighted by Gasteiger charge is 2.10. The lowest BCUT2D eigenvalue weighted by Crippen LogP contribution is -1.93. The van der Waals surface area contributed by atoms with Crippen LogP contribution in [0.15, 0.2) is 109 Å². The van der Waals surface area contributed by atoms with Gasteiger partial charge in [0.2, 0.25) is 0 Å². The minimum absolute atomic E-state index is 0.874. The highest BCUT2D eigenvalue weighted by molar-refractivity contribution is 5.77. The van der Waals surface area contributed by atoms with Crippen molar-refractivity contribution in [3.8, 4) is 44.9 Å². The molecule has 0 radical (unpaired) electrons. The fourth-order valence-corrected chi connectivity index (χ4v) is 3.99. The fraction of sp³-hybridized carbons (Fsp3) is 0.0667. The number of hydrogen-bond donors (Lipinski definition) is 0. The number of nitrogens with zero attached hydrogens (tertiary/aromatic N) is 2. The molecule has 2 heteroatoms. The summed E-state index contributed by atoms with van der Waals surface area (Å²) >= 11 is 0. The first kappa shape index (κ1) is 19.9. The number of pyridine rings is 2. The van der Waals surface area contributed by atoms with Gasteiger partial charge >= 0.3 is 0 Å². The fourth-order valence-electron chi connectivity index (χ4n) is 3.99. The summed E-state index contributed by atoms with van der Waals surface area (Å²) in [5, 5.41) is 0. The Kier molecular flexibility index (Phi) is 5.35. The number of aryl methyl sites for hydroxylation is 2. The Balaban J connectivity index is 1.60. The van der Waals surface area contributed by atoms with E-state index >= 15 is 0 Å². The average molecular weight is 413 g/mol. The maximum absolute atomic E-state index is 4.97. The lowest BCUT2D eigenvalue weighted by atomic mass is 9.96. The third-order valence-electron chi connectivity index (χ3n) is 5.74. The molecule has 154 valence electrons. The molecule has 0 aliphatic carbocycles. The van der Waals surface area contributed by atoms with Gasteiger partial charge in [-0.3, -0.25) is 4.98 Å². The van der Waals surface area contributed by atoms with Crippen LogP contribution in [0.25, 0.3) is 44.9 Å². The molecule has 0 spiro atoms. The van der Waals surface area contributed by atoms with E-state index in [1.165, 1.54) is 27.8 Å². The van der Waals surface area contributed by atoms with Gasteiger partial charge in [0.25, 0.3) is 0 Å². The normalized spacial score (nSPS) is 10.8. The van der Waals surface area contributed by atoms with Crippen molar-refractivity contribution in [2.45, 2.75) is 13.8 Å². The van der Waals surface area contributed by atoms with Crippen LogP contribution in [0.2, 0.25) is 0 Å². The third-order valence-corrected chi connectivity index (χ3v) is 5.74. The molecule has 0 fully saturated rings. The number of rotatable bonds is 4. The van der Waals surface area contributed by atoms with Crippen molar-refractivity contribution in [3.63, 3.8) is 0 Å². The maximum Gasteiger partial charge on any atom is 0.0899 e. The molecule has 3 aromatic carbocycles. The molecule has 0 saturated carbocycles. The van der Waals surface area contributed by atoms with Gasteiger partial charge in [0.15, 0.2) is 0 Å². The van der Waals surface area contributed by atoms with Crippen molar-refractivity contribution in [1.29, 1.82) is 0 Å². The Morgan fingerprint density at radius 2 is 1.22 bits per heavy atom. The highest BCUT2D eigenvalue weighted by Crippen LogP contribution is 2.31. The second-order valence-electron chi connectivity index (χ2n) is 8.10. The molecule has 0 bridgehead atoms. The van der Waals surface area contributed by atoms with Crippen LogP contribution < -0.4 is 0 Å². The summed E-state index contributed by atoms with van der Waals surface area (Å²) in [5.41, 5.74) is 11.1. The molecule has 5 aromatic rings. The largest absolute Gasteiger partial charge is 0.255 e. The summed E-state index contributed by atoms with van der Waals surface area (Å²) in [6.07, 6.45) is 1.81. The Bertz CT molecular complexity index is 1300. The van der Waals surface area contributed by atoms with Gasteiger partial charge < -0.3 is 0 Å². The van der Waals surface area contributed by atoms with E-state index in [0.717, 1.165) is 28.2 Å². The first-order valence-electron chi connectivity index (χ1n) is 10.8. The SMILES string of the molecule is Cc1ccc(C)c(-c2ccc(-c3cc(-c4ccccc4)cc(-c4ccccn4)n3)cc2)c1. The Hall–Kier alpha value is -4.04. The first-order chi connectivity index (χ1) is 15.7. The van der Waals surface area contributed by atoms with Crippen LogP contribution in [-0.4, -0.2) is 9.97 Å². The zero-order valence-electron chi connectivity index (χ0n) is 18.3. The summed E-state index contributed by atoms with van der Waals surface area (Å²) in [4.78, 5) is 9.50. The van der Waals surface area contributed by atoms with Crippen LogP contribution in [-0.2, 0) is 0 Å². The van der Waals surface area contributed by atoms with Crippen molar-refractivity contribution in [3.05, 3.63) is 120 Å². The quantitative estimate of drug-likeness (QED) is 0.301. The van der Waals surface area contributed by atoms with Gasteiger partial charge in [-0.05, 0) is 65.9 Å². The van der Waals surface area contributed by atoms with Gasteiger partial charge in [-0.2, -0.15) is 0 Å². The number of aromatic nitrogens is 2. The maximum atomic E-state index is 4.97. The van der Waals surface area contributed by atoms with E-state index in [2.05, 4.69) is 97.7 Å². The molecule has 5 rings (SSSR count). The lowest BCUT2D eigenvalue weighted by Gasteiger charge is -2.11. The zero-order chi connectivity index (χ0) is 21.9. The van der Waals surface area contributed by atoms with E-state index < -0.39 is 0 Å². The molecule has 2 aromatic heterocycles. The molecule has 2 heterocycles. The predicted molar refractivity (Wildman–Crippen MR) is 133 cm³/mol. The van der Waals surface area contributed by atoms with E-state index in [4.69, 9.17) is 4.98 Å². The summed E-state index contributed by atoms with van der Waals surface area (Å²) < 4.78 is 0. The van der Waals surface area contributed by atoms with Gasteiger partial charge in [-0.15, -0.1) is 0 Å². The smallest absolute Gasteiger partial charge is 0.0899 e. The molecule has 0 N–H and O–H groups in total. The van der Waals surface area contributed by atoms with Crippen LogP contribution in [0.1, 0.15) is 11.1 Å². The van der Waals surface area contributed by atoms with E-state index in [1.54, 1.807) is 0 Å². The molecule has 32 heavy (non-hydrogen) atoms. The number of benzene rings is 3. The lowest BCUT2D eigenvalue weighted by molar-refractivity contribution is 1.25. The molecule has 0 atom stereocenters. The average Bonchev–Trinajstić information content (AvgIpc) is 2.86. The van der Waals surface area contributed by atoms with Crippen LogP contribution in [0, 0.1) is 13.8 Å². The minimum Gasteiger partial charge on any atom is -0.255 e. The standard InChI is InChI=1S/C30H24N2/c1-21-11-12-22(2)27(18-21)24-13-15-25(16-14-24)29-19-26(23-8-4-3-5-9-23)20-30(32-29)28-10-6-7-17-31-28/h3-20H,1-2H3. The minimum atomic E-state index is 0.874. The summed E-state index contributed by atoms with van der Waals surface area (Å²) in [6.45, 7) is 4.29. The zero-order valence-corrected chi connectivity index (χ0v) is 18.3. The molecular weight excluding hydrogens is 388 g/mol. The predicted octanol–water partition coefficient (Wildman–Crippen LogP) is 7.76. The van der Waals surface area contributed by atoms with Gasteiger partial charge in [-0.1, -0.05) is 84.4 Å². The molecule has 2 nitrogen and oxygen atoms in total. The van der Waals surface area contributed by atoms with Crippen molar-refractivity contribution in [1.82, 2.24) is 9.97 Å². The molecule has 0 unspecified atom stereocenters. The molecule has 0 aliphatic rings. The van der Waals surface area contributed by atoms with Crippen molar-refractivity contribution in [2.24, 2.45) is 0 Å². The Morgan fingerprint density at radius 3 is 1.97 bits per heavy atom.